The van der Waals surface area contributed by atoms with Gasteiger partial charge in [0, 0.05) is 5.82 Å². The van der Waals surface area contributed by atoms with Crippen molar-refractivity contribution in [2.45, 2.75) is 12.7 Å². The average molecular weight is 83.9 g/mol. The summed E-state index contributed by atoms with van der Waals surface area (Å²) >= 11 is 0. The number of carbonyl (C=O) groups is 1. The summed E-state index contributed by atoms with van der Waals surface area (Å²) in [7, 11) is 4.84. The minimum absolute atomic E-state index is 0.731. The van der Waals surface area contributed by atoms with E-state index < -0.39 is 11.8 Å². The van der Waals surface area contributed by atoms with E-state index in [0.29, 0.717) is 0 Å². The number of carboxylic acid groups (broad SMARTS) is 1. The molecule has 0 bridgehead atoms. The molecule has 6 heavy (non-hydrogen) atoms. The van der Waals surface area contributed by atoms with Crippen LogP contribution in [0.15, 0.2) is 0 Å². The molecule has 32 valence electrons. The third-order valence-corrected chi connectivity index (χ3v) is 0.390. The van der Waals surface area contributed by atoms with Crippen LogP contribution in [0.3, 0.4) is 0 Å². The predicted octanol–water partition coefficient (Wildman–Crippen LogP) is 0.0479. The number of hydrogen-bond donors (Lipinski definition) is 1. The van der Waals surface area contributed by atoms with Gasteiger partial charge in [-0.2, -0.15) is 0 Å². The summed E-state index contributed by atoms with van der Waals surface area (Å²) < 4.78 is 0. The first kappa shape index (κ1) is 5.53. The predicted molar refractivity (Wildman–Crippen MR) is 22.8 cm³/mol. The maximum Gasteiger partial charge on any atom is 0.297 e. The molecule has 0 heterocycles. The van der Waals surface area contributed by atoms with Crippen molar-refractivity contribution >= 4 is 13.8 Å². The Bertz CT molecular complexity index is 59.8. The van der Waals surface area contributed by atoms with Crippen molar-refractivity contribution in [2.24, 2.45) is 0 Å². The molecule has 0 fully saturated rings. The van der Waals surface area contributed by atoms with Gasteiger partial charge in [0.1, 0.15) is 0 Å². The Morgan fingerprint density at radius 2 is 2.17 bits per heavy atom. The topological polar surface area (TPSA) is 37.3 Å². The van der Waals surface area contributed by atoms with E-state index in [9.17, 15) is 4.79 Å². The third kappa shape index (κ3) is 1.82. The molecule has 0 aliphatic heterocycles. The molecule has 0 aromatic rings. The summed E-state index contributed by atoms with van der Waals surface area (Å²) in [6, 6.07) is 0. The van der Waals surface area contributed by atoms with Crippen molar-refractivity contribution < 1.29 is 9.90 Å². The second-order valence-electron chi connectivity index (χ2n) is 1.13. The van der Waals surface area contributed by atoms with Gasteiger partial charge in [-0.3, -0.25) is 4.79 Å². The quantitative estimate of drug-likeness (QED) is 0.455. The van der Waals surface area contributed by atoms with Crippen LogP contribution >= 0.6 is 0 Å². The normalized spacial score (nSPS) is 13.5. The van der Waals surface area contributed by atoms with Crippen LogP contribution in [-0.4, -0.2) is 18.9 Å². The van der Waals surface area contributed by atoms with Gasteiger partial charge < -0.3 is 5.11 Å². The first-order valence-electron chi connectivity index (χ1n) is 1.63. The fourth-order valence-corrected chi connectivity index (χ4v) is 0. The molecule has 1 atom stereocenters. The summed E-state index contributed by atoms with van der Waals surface area (Å²) in [6.07, 6.45) is 0. The maximum atomic E-state index is 9.57. The minimum atomic E-state index is -0.963. The van der Waals surface area contributed by atoms with Gasteiger partial charge in [-0.1, -0.05) is 6.92 Å². The average Bonchev–Trinajstić information content (AvgIpc) is 1.36. The second-order valence-corrected chi connectivity index (χ2v) is 1.13. The van der Waals surface area contributed by atoms with E-state index >= 15 is 0 Å². The van der Waals surface area contributed by atoms with E-state index in [1.54, 1.807) is 0 Å². The highest BCUT2D eigenvalue weighted by molar-refractivity contribution is 6.21. The van der Waals surface area contributed by atoms with Crippen LogP contribution in [0.1, 0.15) is 6.92 Å². The Labute approximate surface area is 37.6 Å². The van der Waals surface area contributed by atoms with Crippen LogP contribution in [0, 0.1) is 0 Å². The number of rotatable bonds is 1. The molecule has 0 saturated carbocycles. The Kier molecular flexibility index (Phi) is 1.71. The highest BCUT2D eigenvalue weighted by Crippen LogP contribution is 1.90. The van der Waals surface area contributed by atoms with Crippen molar-refractivity contribution in [1.82, 2.24) is 0 Å². The monoisotopic (exact) mass is 84.0 g/mol. The first-order chi connectivity index (χ1) is 2.64. The summed E-state index contributed by atoms with van der Waals surface area (Å²) in [5.74, 6) is -1.69. The van der Waals surface area contributed by atoms with Crippen LogP contribution in [0.4, 0.5) is 0 Å². The van der Waals surface area contributed by atoms with Gasteiger partial charge in [0.05, 0.1) is 7.85 Å². The lowest BCUT2D eigenvalue weighted by Crippen LogP contribution is -2.01. The zero-order valence-electron chi connectivity index (χ0n) is 3.51. The molecule has 1 N–H and O–H groups in total. The van der Waals surface area contributed by atoms with Crippen LogP contribution in [0.5, 0.6) is 0 Å². The fraction of sp³-hybridized carbons (Fsp3) is 0.667. The van der Waals surface area contributed by atoms with Crippen molar-refractivity contribution in [1.29, 1.82) is 0 Å². The van der Waals surface area contributed by atoms with Crippen LogP contribution in [-0.2, 0) is 4.79 Å². The van der Waals surface area contributed by atoms with E-state index in [4.69, 9.17) is 13.0 Å². The van der Waals surface area contributed by atoms with Gasteiger partial charge >= 0.3 is 0 Å². The Balaban J connectivity index is 3.26. The largest absolute Gasteiger partial charge is 0.482 e. The zero-order chi connectivity index (χ0) is 5.15. The van der Waals surface area contributed by atoms with E-state index in [0.717, 1.165) is 0 Å². The van der Waals surface area contributed by atoms with Crippen molar-refractivity contribution in [3.63, 3.8) is 0 Å². The standard InChI is InChI=1S/C3H5BO2/c1-2(4)3(5)6/h2H,1H3,(H,5,6). The van der Waals surface area contributed by atoms with Gasteiger partial charge in [0.2, 0.25) is 0 Å². The van der Waals surface area contributed by atoms with E-state index in [-0.39, 0.29) is 0 Å². The Morgan fingerprint density at radius 3 is 2.17 bits per heavy atom. The molecule has 2 radical (unpaired) electrons. The van der Waals surface area contributed by atoms with E-state index in [1.807, 2.05) is 0 Å². The van der Waals surface area contributed by atoms with Gasteiger partial charge in [0.25, 0.3) is 5.97 Å². The highest BCUT2D eigenvalue weighted by Gasteiger charge is 1.98. The molecular weight excluding hydrogens is 78.8 g/mol. The van der Waals surface area contributed by atoms with Crippen LogP contribution in [0.2, 0.25) is 5.82 Å². The van der Waals surface area contributed by atoms with E-state index in [2.05, 4.69) is 0 Å². The maximum absolute atomic E-state index is 9.57. The van der Waals surface area contributed by atoms with Crippen molar-refractivity contribution in [3.8, 4) is 0 Å². The smallest absolute Gasteiger partial charge is 0.297 e. The molecule has 0 aromatic carbocycles. The minimum Gasteiger partial charge on any atom is -0.482 e. The van der Waals surface area contributed by atoms with Gasteiger partial charge in [0.15, 0.2) is 0 Å². The molecule has 0 rings (SSSR count). The highest BCUT2D eigenvalue weighted by atomic mass is 16.4. The number of aliphatic carboxylic acids is 1. The number of carboxylic acids is 1. The molecule has 2 nitrogen and oxygen atoms in total. The molecule has 3 heteroatoms. The molecule has 0 aliphatic carbocycles. The fourth-order valence-electron chi connectivity index (χ4n) is 0. The van der Waals surface area contributed by atoms with Crippen LogP contribution < -0.4 is 0 Å². The molecular formula is C3H5BO2. The zero-order valence-corrected chi connectivity index (χ0v) is 3.51. The van der Waals surface area contributed by atoms with Crippen LogP contribution in [0.25, 0.3) is 0 Å². The SMILES string of the molecule is [B]C(C)C(=O)O. The first-order valence-corrected chi connectivity index (χ1v) is 1.63. The molecule has 0 aromatic heterocycles. The molecule has 1 unspecified atom stereocenters. The molecule has 0 saturated heterocycles. The van der Waals surface area contributed by atoms with E-state index in [1.165, 1.54) is 6.92 Å². The lowest BCUT2D eigenvalue weighted by atomic mass is 9.90. The van der Waals surface area contributed by atoms with Gasteiger partial charge in [-0.05, 0) is 0 Å². The lowest BCUT2D eigenvalue weighted by Gasteiger charge is -1.89. The summed E-state index contributed by atoms with van der Waals surface area (Å²) in [5.41, 5.74) is 0. The third-order valence-electron chi connectivity index (χ3n) is 0.390. The summed E-state index contributed by atoms with van der Waals surface area (Å²) in [5, 5.41) is 7.87. The summed E-state index contributed by atoms with van der Waals surface area (Å²) in [6.45, 7) is 1.42. The van der Waals surface area contributed by atoms with Crippen molar-refractivity contribution in [3.05, 3.63) is 0 Å². The Morgan fingerprint density at radius 1 is 2.00 bits per heavy atom. The molecule has 0 amide bonds. The summed E-state index contributed by atoms with van der Waals surface area (Å²) in [4.78, 5) is 9.57. The van der Waals surface area contributed by atoms with Gasteiger partial charge in [-0.25, -0.2) is 0 Å². The second kappa shape index (κ2) is 1.85. The number of hydrogen-bond acceptors (Lipinski definition) is 1. The lowest BCUT2D eigenvalue weighted by molar-refractivity contribution is -0.136. The Hall–Kier alpha value is -0.465. The van der Waals surface area contributed by atoms with Gasteiger partial charge in [-0.15, -0.1) is 0 Å². The molecule has 0 aliphatic rings. The molecule has 0 spiro atoms. The van der Waals surface area contributed by atoms with Crippen molar-refractivity contribution in [2.75, 3.05) is 0 Å².